The van der Waals surface area contributed by atoms with E-state index >= 15 is 0 Å². The van der Waals surface area contributed by atoms with Gasteiger partial charge in [-0.3, -0.25) is 9.59 Å². The third-order valence-electron chi connectivity index (χ3n) is 2.79. The monoisotopic (exact) mass is 292 g/mol. The second-order valence-electron chi connectivity index (χ2n) is 4.17. The number of ether oxygens (including phenoxy) is 1. The molecule has 0 fully saturated rings. The average Bonchev–Trinajstić information content (AvgIpc) is 2.95. The number of rotatable bonds is 5. The summed E-state index contributed by atoms with van der Waals surface area (Å²) >= 11 is 5.81. The highest BCUT2D eigenvalue weighted by molar-refractivity contribution is 6.30. The first-order valence-electron chi connectivity index (χ1n) is 6.06. The number of halogens is 1. The van der Waals surface area contributed by atoms with Crippen LogP contribution >= 0.6 is 11.6 Å². The molecule has 0 aliphatic heterocycles. The van der Waals surface area contributed by atoms with Gasteiger partial charge in [0.25, 0.3) is 0 Å². The van der Waals surface area contributed by atoms with E-state index in [9.17, 15) is 9.59 Å². The molecule has 0 radical (unpaired) electrons. The van der Waals surface area contributed by atoms with Crippen LogP contribution in [0, 0.1) is 0 Å². The summed E-state index contributed by atoms with van der Waals surface area (Å²) in [6, 6.07) is 10.4. The first kappa shape index (κ1) is 14.3. The Kier molecular flexibility index (Phi) is 4.58. The van der Waals surface area contributed by atoms with Crippen LogP contribution in [0.15, 0.2) is 40.8 Å². The van der Waals surface area contributed by atoms with Crippen LogP contribution in [-0.4, -0.2) is 18.9 Å². The van der Waals surface area contributed by atoms with Gasteiger partial charge in [-0.25, -0.2) is 0 Å². The maximum absolute atomic E-state index is 11.8. The van der Waals surface area contributed by atoms with Crippen LogP contribution < -0.4 is 0 Å². The van der Waals surface area contributed by atoms with Gasteiger partial charge in [0.2, 0.25) is 0 Å². The molecule has 20 heavy (non-hydrogen) atoms. The molecule has 0 bridgehead atoms. The molecule has 0 saturated heterocycles. The summed E-state index contributed by atoms with van der Waals surface area (Å²) in [5.41, 5.74) is 0.835. The molecule has 2 aromatic rings. The lowest BCUT2D eigenvalue weighted by molar-refractivity contribution is -0.140. The topological polar surface area (TPSA) is 56.5 Å². The summed E-state index contributed by atoms with van der Waals surface area (Å²) in [6.45, 7) is 0. The van der Waals surface area contributed by atoms with Gasteiger partial charge in [-0.05, 0) is 36.4 Å². The number of Topliss-reactive ketones (excluding diaryl/α,β-unsaturated/α-hetero) is 1. The molecule has 5 heteroatoms. The summed E-state index contributed by atoms with van der Waals surface area (Å²) in [6.07, 6.45) is 0.118. The Morgan fingerprint density at radius 2 is 1.80 bits per heavy atom. The molecule has 0 saturated carbocycles. The molecule has 1 aromatic heterocycles. The molecular formula is C15H13ClO4. The highest BCUT2D eigenvalue weighted by Crippen LogP contribution is 2.24. The fraction of sp³-hybridized carbons (Fsp3) is 0.200. The van der Waals surface area contributed by atoms with Gasteiger partial charge in [0.1, 0.15) is 5.76 Å². The van der Waals surface area contributed by atoms with Crippen molar-refractivity contribution in [1.29, 1.82) is 0 Å². The van der Waals surface area contributed by atoms with E-state index in [4.69, 9.17) is 16.0 Å². The van der Waals surface area contributed by atoms with E-state index in [1.54, 1.807) is 24.3 Å². The molecule has 0 spiro atoms. The number of hydrogen-bond donors (Lipinski definition) is 0. The predicted molar refractivity (Wildman–Crippen MR) is 74.7 cm³/mol. The van der Waals surface area contributed by atoms with Crippen molar-refractivity contribution < 1.29 is 18.7 Å². The summed E-state index contributed by atoms with van der Waals surface area (Å²) < 4.78 is 9.98. The van der Waals surface area contributed by atoms with Gasteiger partial charge in [-0.15, -0.1) is 0 Å². The molecule has 0 N–H and O–H groups in total. The molecule has 2 rings (SSSR count). The summed E-state index contributed by atoms with van der Waals surface area (Å²) in [5.74, 6) is 0.181. The Balaban J connectivity index is 2.06. The third-order valence-corrected chi connectivity index (χ3v) is 3.05. The van der Waals surface area contributed by atoms with Crippen molar-refractivity contribution in [3.63, 3.8) is 0 Å². The van der Waals surface area contributed by atoms with E-state index < -0.39 is 5.97 Å². The predicted octanol–water partition coefficient (Wildman–Crippen LogP) is 3.74. The first-order chi connectivity index (χ1) is 9.60. The third kappa shape index (κ3) is 3.48. The number of ketones is 1. The molecule has 0 unspecified atom stereocenters. The summed E-state index contributed by atoms with van der Waals surface area (Å²) in [7, 11) is 1.29. The molecule has 1 aromatic carbocycles. The Morgan fingerprint density at radius 3 is 2.45 bits per heavy atom. The van der Waals surface area contributed by atoms with Crippen molar-refractivity contribution >= 4 is 23.4 Å². The smallest absolute Gasteiger partial charge is 0.305 e. The quantitative estimate of drug-likeness (QED) is 0.622. The standard InChI is InChI=1S/C15H13ClO4/c1-19-15(18)9-6-12(17)14-8-7-13(20-14)10-2-4-11(16)5-3-10/h2-5,7-8H,6,9H2,1H3. The molecular weight excluding hydrogens is 280 g/mol. The van der Waals surface area contributed by atoms with E-state index in [-0.39, 0.29) is 24.4 Å². The van der Waals surface area contributed by atoms with Gasteiger partial charge in [0.15, 0.2) is 11.5 Å². The van der Waals surface area contributed by atoms with Gasteiger partial charge in [-0.1, -0.05) is 11.6 Å². The van der Waals surface area contributed by atoms with E-state index in [0.29, 0.717) is 10.8 Å². The maximum atomic E-state index is 11.8. The van der Waals surface area contributed by atoms with Gasteiger partial charge < -0.3 is 9.15 Å². The lowest BCUT2D eigenvalue weighted by Gasteiger charge is -1.98. The van der Waals surface area contributed by atoms with Crippen LogP contribution in [-0.2, 0) is 9.53 Å². The number of methoxy groups -OCH3 is 1. The second-order valence-corrected chi connectivity index (χ2v) is 4.61. The fourth-order valence-corrected chi connectivity index (χ4v) is 1.82. The van der Waals surface area contributed by atoms with Crippen LogP contribution in [0.3, 0.4) is 0 Å². The van der Waals surface area contributed by atoms with Crippen LogP contribution in [0.1, 0.15) is 23.4 Å². The van der Waals surface area contributed by atoms with Crippen LogP contribution in [0.4, 0.5) is 0 Å². The van der Waals surface area contributed by atoms with Crippen molar-refractivity contribution in [3.05, 3.63) is 47.2 Å². The van der Waals surface area contributed by atoms with Crippen molar-refractivity contribution in [2.75, 3.05) is 7.11 Å². The zero-order valence-electron chi connectivity index (χ0n) is 10.9. The zero-order valence-corrected chi connectivity index (χ0v) is 11.6. The van der Waals surface area contributed by atoms with E-state index in [0.717, 1.165) is 5.56 Å². The highest BCUT2D eigenvalue weighted by atomic mass is 35.5. The van der Waals surface area contributed by atoms with Gasteiger partial charge in [0.05, 0.1) is 13.5 Å². The minimum Gasteiger partial charge on any atom is -0.469 e. The zero-order chi connectivity index (χ0) is 14.5. The Bertz CT molecular complexity index is 613. The number of furan rings is 1. The minimum atomic E-state index is -0.414. The van der Waals surface area contributed by atoms with Crippen molar-refractivity contribution in [2.45, 2.75) is 12.8 Å². The fourth-order valence-electron chi connectivity index (χ4n) is 1.70. The van der Waals surface area contributed by atoms with Crippen molar-refractivity contribution in [3.8, 4) is 11.3 Å². The first-order valence-corrected chi connectivity index (χ1v) is 6.43. The van der Waals surface area contributed by atoms with Gasteiger partial charge in [0, 0.05) is 17.0 Å². The number of carbonyl (C=O) groups is 2. The van der Waals surface area contributed by atoms with Crippen LogP contribution in [0.25, 0.3) is 11.3 Å². The number of hydrogen-bond acceptors (Lipinski definition) is 4. The van der Waals surface area contributed by atoms with E-state index in [1.165, 1.54) is 7.11 Å². The maximum Gasteiger partial charge on any atom is 0.305 e. The van der Waals surface area contributed by atoms with Crippen molar-refractivity contribution in [1.82, 2.24) is 0 Å². The highest BCUT2D eigenvalue weighted by Gasteiger charge is 2.14. The molecule has 104 valence electrons. The van der Waals surface area contributed by atoms with E-state index in [2.05, 4.69) is 4.74 Å². The summed E-state index contributed by atoms with van der Waals surface area (Å²) in [4.78, 5) is 22.8. The van der Waals surface area contributed by atoms with Crippen LogP contribution in [0.2, 0.25) is 5.02 Å². The molecule has 0 aliphatic carbocycles. The largest absolute Gasteiger partial charge is 0.469 e. The second kappa shape index (κ2) is 6.39. The lowest BCUT2D eigenvalue weighted by Crippen LogP contribution is -2.05. The Morgan fingerprint density at radius 1 is 1.10 bits per heavy atom. The molecule has 0 aliphatic rings. The Labute approximate surface area is 121 Å². The molecule has 0 amide bonds. The van der Waals surface area contributed by atoms with Gasteiger partial charge >= 0.3 is 5.97 Å². The molecule has 1 heterocycles. The molecule has 4 nitrogen and oxygen atoms in total. The van der Waals surface area contributed by atoms with E-state index in [1.807, 2.05) is 12.1 Å². The number of carbonyl (C=O) groups excluding carboxylic acids is 2. The number of benzene rings is 1. The van der Waals surface area contributed by atoms with Crippen molar-refractivity contribution in [2.24, 2.45) is 0 Å². The Hall–Kier alpha value is -2.07. The SMILES string of the molecule is COC(=O)CCC(=O)c1ccc(-c2ccc(Cl)cc2)o1. The lowest BCUT2D eigenvalue weighted by atomic mass is 10.2. The average molecular weight is 293 g/mol. The van der Waals surface area contributed by atoms with Crippen LogP contribution in [0.5, 0.6) is 0 Å². The normalized spacial score (nSPS) is 10.3. The minimum absolute atomic E-state index is 0.0479. The number of esters is 1. The molecule has 0 atom stereocenters. The van der Waals surface area contributed by atoms with Gasteiger partial charge in [-0.2, -0.15) is 0 Å². The summed E-state index contributed by atoms with van der Waals surface area (Å²) in [5, 5.41) is 0.634.